The van der Waals surface area contributed by atoms with Crippen molar-refractivity contribution in [2.45, 2.75) is 6.54 Å². The summed E-state index contributed by atoms with van der Waals surface area (Å²) in [5, 5.41) is 5.91. The molecule has 0 aliphatic rings. The molecule has 0 radical (unpaired) electrons. The average Bonchev–Trinajstić information content (AvgIpc) is 3.03. The molecule has 0 N–H and O–H groups in total. The van der Waals surface area contributed by atoms with Gasteiger partial charge in [0.15, 0.2) is 5.82 Å². The number of rotatable bonds is 3. The molecule has 0 saturated carbocycles. The third-order valence-electron chi connectivity index (χ3n) is 2.77. The first kappa shape index (κ1) is 13.1. The van der Waals surface area contributed by atoms with E-state index in [-0.39, 0.29) is 11.6 Å². The summed E-state index contributed by atoms with van der Waals surface area (Å²) in [7, 11) is 0. The normalized spacial score (nSPS) is 10.9. The predicted molar refractivity (Wildman–Crippen MR) is 74.6 cm³/mol. The molecule has 20 heavy (non-hydrogen) atoms. The lowest BCUT2D eigenvalue weighted by Gasteiger charge is -2.05. The largest absolute Gasteiger partial charge is 0.442 e. The van der Waals surface area contributed by atoms with Gasteiger partial charge in [0.25, 0.3) is 0 Å². The van der Waals surface area contributed by atoms with Gasteiger partial charge in [-0.1, -0.05) is 28.9 Å². The molecule has 0 amide bonds. The molecule has 0 spiro atoms. The fourth-order valence-corrected chi connectivity index (χ4v) is 2.75. The summed E-state index contributed by atoms with van der Waals surface area (Å²) in [5.74, 6) is -0.561. The van der Waals surface area contributed by atoms with Gasteiger partial charge in [-0.15, -0.1) is 11.3 Å². The number of hydrogen-bond acceptors (Lipinski definition) is 4. The highest BCUT2D eigenvalue weighted by Crippen LogP contribution is 2.24. The van der Waals surface area contributed by atoms with Crippen molar-refractivity contribution >= 4 is 22.9 Å². The van der Waals surface area contributed by atoms with E-state index in [1.54, 1.807) is 0 Å². The van der Waals surface area contributed by atoms with E-state index in [2.05, 4.69) is 5.16 Å². The summed E-state index contributed by atoms with van der Waals surface area (Å²) in [5.41, 5.74) is 0.621. The van der Waals surface area contributed by atoms with Crippen molar-refractivity contribution in [1.82, 2.24) is 9.72 Å². The van der Waals surface area contributed by atoms with E-state index in [9.17, 15) is 9.18 Å². The molecule has 2 aromatic heterocycles. The lowest BCUT2D eigenvalue weighted by molar-refractivity contribution is 0.378. The van der Waals surface area contributed by atoms with Gasteiger partial charge in [-0.3, -0.25) is 9.09 Å². The molecule has 0 fully saturated rings. The summed E-state index contributed by atoms with van der Waals surface area (Å²) in [6.07, 6.45) is 0. The topological polar surface area (TPSA) is 48.0 Å². The molecule has 0 saturated heterocycles. The Kier molecular flexibility index (Phi) is 3.42. The van der Waals surface area contributed by atoms with Gasteiger partial charge in [0, 0.05) is 5.02 Å². The number of benzene rings is 1. The lowest BCUT2D eigenvalue weighted by atomic mass is 10.2. The zero-order chi connectivity index (χ0) is 14.1. The second kappa shape index (κ2) is 5.22. The van der Waals surface area contributed by atoms with Crippen molar-refractivity contribution in [1.29, 1.82) is 0 Å². The highest BCUT2D eigenvalue weighted by molar-refractivity contribution is 7.13. The van der Waals surface area contributed by atoms with Gasteiger partial charge >= 0.3 is 5.76 Å². The van der Waals surface area contributed by atoms with Gasteiger partial charge in [-0.25, -0.2) is 9.18 Å². The van der Waals surface area contributed by atoms with Crippen molar-refractivity contribution in [3.8, 4) is 10.7 Å². The third-order valence-corrected chi connectivity index (χ3v) is 3.99. The van der Waals surface area contributed by atoms with Crippen LogP contribution in [0, 0.1) is 5.82 Å². The first-order chi connectivity index (χ1) is 9.65. The van der Waals surface area contributed by atoms with E-state index in [1.807, 2.05) is 17.5 Å². The van der Waals surface area contributed by atoms with Gasteiger partial charge in [0.1, 0.15) is 5.82 Å². The molecule has 0 aliphatic heterocycles. The van der Waals surface area contributed by atoms with Crippen molar-refractivity contribution in [3.63, 3.8) is 0 Å². The fraction of sp³-hybridized carbons (Fsp3) is 0.0769. The molecule has 7 heteroatoms. The van der Waals surface area contributed by atoms with Gasteiger partial charge in [-0.05, 0) is 29.1 Å². The van der Waals surface area contributed by atoms with Crippen LogP contribution < -0.4 is 5.76 Å². The van der Waals surface area contributed by atoms with Crippen molar-refractivity contribution < 1.29 is 8.91 Å². The van der Waals surface area contributed by atoms with Crippen LogP contribution >= 0.6 is 22.9 Å². The van der Waals surface area contributed by atoms with Gasteiger partial charge in [-0.2, -0.15) is 0 Å². The van der Waals surface area contributed by atoms with Crippen LogP contribution in [0.2, 0.25) is 5.02 Å². The standard InChI is InChI=1S/C13H8ClFN2O2S/c14-10-6-9(15)4-3-8(10)7-17-12(16-19-13(17)18)11-2-1-5-20-11/h1-6H,7H2. The van der Waals surface area contributed by atoms with Gasteiger partial charge < -0.3 is 0 Å². The predicted octanol–water partition coefficient (Wildman–Crippen LogP) is 3.41. The van der Waals surface area contributed by atoms with E-state index in [1.165, 1.54) is 34.1 Å². The van der Waals surface area contributed by atoms with E-state index in [4.69, 9.17) is 16.1 Å². The molecule has 1 aromatic carbocycles. The SMILES string of the molecule is O=c1onc(-c2cccs2)n1Cc1ccc(F)cc1Cl. The maximum Gasteiger partial charge on any atom is 0.442 e. The Bertz CT molecular complexity index is 795. The molecule has 4 nitrogen and oxygen atoms in total. The minimum Gasteiger partial charge on any atom is -0.295 e. The molecular weight excluding hydrogens is 303 g/mol. The molecule has 0 bridgehead atoms. The second-order valence-corrected chi connectivity index (χ2v) is 5.43. The van der Waals surface area contributed by atoms with Gasteiger partial charge in [0.2, 0.25) is 0 Å². The molecule has 0 unspecified atom stereocenters. The molecule has 3 rings (SSSR count). The third kappa shape index (κ3) is 2.39. The maximum absolute atomic E-state index is 13.0. The number of thiophene rings is 1. The van der Waals surface area contributed by atoms with Crippen LogP contribution in [0.25, 0.3) is 10.7 Å². The molecule has 0 atom stereocenters. The summed E-state index contributed by atoms with van der Waals surface area (Å²) in [4.78, 5) is 12.6. The number of aromatic nitrogens is 2. The van der Waals surface area contributed by atoms with E-state index < -0.39 is 11.6 Å². The summed E-state index contributed by atoms with van der Waals surface area (Å²) < 4.78 is 19.1. The zero-order valence-electron chi connectivity index (χ0n) is 10.0. The zero-order valence-corrected chi connectivity index (χ0v) is 11.6. The monoisotopic (exact) mass is 310 g/mol. The summed E-state index contributed by atoms with van der Waals surface area (Å²) in [6.45, 7) is 0.175. The highest BCUT2D eigenvalue weighted by Gasteiger charge is 2.15. The Morgan fingerprint density at radius 2 is 2.25 bits per heavy atom. The maximum atomic E-state index is 13.0. The molecule has 3 aromatic rings. The first-order valence-corrected chi connectivity index (χ1v) is 6.95. The van der Waals surface area contributed by atoms with Crippen molar-refractivity contribution in [3.05, 3.63) is 62.7 Å². The first-order valence-electron chi connectivity index (χ1n) is 5.69. The van der Waals surface area contributed by atoms with Crippen molar-refractivity contribution in [2.75, 3.05) is 0 Å². The van der Waals surface area contributed by atoms with Crippen LogP contribution in [0.4, 0.5) is 4.39 Å². The number of nitrogens with zero attached hydrogens (tertiary/aromatic N) is 2. The molecule has 0 aliphatic carbocycles. The summed E-state index contributed by atoms with van der Waals surface area (Å²) >= 11 is 7.42. The Labute approximate surface area is 122 Å². The summed E-state index contributed by atoms with van der Waals surface area (Å²) in [6, 6.07) is 7.74. The van der Waals surface area contributed by atoms with E-state index in [0.29, 0.717) is 11.4 Å². The second-order valence-electron chi connectivity index (χ2n) is 4.07. The molecule has 102 valence electrons. The van der Waals surface area contributed by atoms with Crippen LogP contribution in [0.3, 0.4) is 0 Å². The van der Waals surface area contributed by atoms with Crippen LogP contribution in [-0.4, -0.2) is 9.72 Å². The number of halogens is 2. The Morgan fingerprint density at radius 1 is 1.40 bits per heavy atom. The Morgan fingerprint density at radius 3 is 2.95 bits per heavy atom. The van der Waals surface area contributed by atoms with Crippen molar-refractivity contribution in [2.24, 2.45) is 0 Å². The Balaban J connectivity index is 2.03. The minimum absolute atomic E-state index is 0.175. The van der Waals surface area contributed by atoms with E-state index in [0.717, 1.165) is 4.88 Å². The molecule has 2 heterocycles. The van der Waals surface area contributed by atoms with Crippen LogP contribution in [0.15, 0.2) is 45.0 Å². The van der Waals surface area contributed by atoms with E-state index >= 15 is 0 Å². The smallest absolute Gasteiger partial charge is 0.295 e. The highest BCUT2D eigenvalue weighted by atomic mass is 35.5. The minimum atomic E-state index is -0.575. The fourth-order valence-electron chi connectivity index (χ4n) is 1.81. The lowest BCUT2D eigenvalue weighted by Crippen LogP contribution is -2.16. The molecular formula is C13H8ClFN2O2S. The van der Waals surface area contributed by atoms with Gasteiger partial charge in [0.05, 0.1) is 11.4 Å². The van der Waals surface area contributed by atoms with Crippen LogP contribution in [0.5, 0.6) is 0 Å². The Hall–Kier alpha value is -1.92. The number of hydrogen-bond donors (Lipinski definition) is 0. The quantitative estimate of drug-likeness (QED) is 0.745. The van der Waals surface area contributed by atoms with Crippen LogP contribution in [-0.2, 0) is 6.54 Å². The van der Waals surface area contributed by atoms with Crippen LogP contribution in [0.1, 0.15) is 5.56 Å². The average molecular weight is 311 g/mol.